The van der Waals surface area contributed by atoms with Gasteiger partial charge >= 0.3 is 5.97 Å². The third-order valence-electron chi connectivity index (χ3n) is 5.19. The molecule has 3 aromatic rings. The van der Waals surface area contributed by atoms with E-state index in [9.17, 15) is 4.79 Å². The zero-order valence-corrected chi connectivity index (χ0v) is 19.5. The summed E-state index contributed by atoms with van der Waals surface area (Å²) in [6.07, 6.45) is 0. The number of carbonyl (C=O) groups excluding carboxylic acids is 1. The molecule has 0 N–H and O–H groups in total. The van der Waals surface area contributed by atoms with Crippen LogP contribution in [0.25, 0.3) is 10.9 Å². The van der Waals surface area contributed by atoms with Crippen molar-refractivity contribution in [2.75, 3.05) is 31.2 Å². The predicted molar refractivity (Wildman–Crippen MR) is 126 cm³/mol. The number of halogens is 2. The number of aromatic nitrogens is 1. The van der Waals surface area contributed by atoms with Gasteiger partial charge in [0, 0.05) is 25.0 Å². The first-order chi connectivity index (χ1) is 14.7. The van der Waals surface area contributed by atoms with E-state index in [4.69, 9.17) is 32.7 Å². The first kappa shape index (κ1) is 22.0. The van der Waals surface area contributed by atoms with Crippen molar-refractivity contribution in [1.82, 2.24) is 4.57 Å². The summed E-state index contributed by atoms with van der Waals surface area (Å²) in [6.45, 7) is 8.80. The summed E-state index contributed by atoms with van der Waals surface area (Å²) in [5.41, 5.74) is 2.76. The summed E-state index contributed by atoms with van der Waals surface area (Å²) >= 11 is 12.4. The number of fused-ring (bicyclic) bond motifs is 1. The molecule has 2 aromatic carbocycles. The Kier molecular flexibility index (Phi) is 6.20. The predicted octanol–water partition coefficient (Wildman–Crippen LogP) is 5.79. The number of hydrogen-bond donors (Lipinski definition) is 0. The number of ether oxygens (including phenoxy) is 2. The topological polar surface area (TPSA) is 43.7 Å². The van der Waals surface area contributed by atoms with E-state index in [1.54, 1.807) is 6.07 Å². The van der Waals surface area contributed by atoms with Crippen LogP contribution >= 0.6 is 23.2 Å². The smallest absolute Gasteiger partial charge is 0.357 e. The minimum absolute atomic E-state index is 0.342. The highest BCUT2D eigenvalue weighted by Gasteiger charge is 2.30. The zero-order valence-electron chi connectivity index (χ0n) is 18.0. The van der Waals surface area contributed by atoms with Gasteiger partial charge in [-0.1, -0.05) is 47.5 Å². The molecule has 1 aliphatic heterocycles. The van der Waals surface area contributed by atoms with Crippen molar-refractivity contribution >= 4 is 45.8 Å². The van der Waals surface area contributed by atoms with Crippen LogP contribution in [0.2, 0.25) is 10.0 Å². The van der Waals surface area contributed by atoms with Gasteiger partial charge in [0.15, 0.2) is 5.69 Å². The van der Waals surface area contributed by atoms with E-state index in [1.807, 2.05) is 55.7 Å². The van der Waals surface area contributed by atoms with Crippen molar-refractivity contribution in [3.8, 4) is 0 Å². The number of benzene rings is 2. The second kappa shape index (κ2) is 8.73. The number of hydrogen-bond acceptors (Lipinski definition) is 4. The number of anilines is 1. The molecular weight excluding hydrogens is 435 g/mol. The molecule has 5 nitrogen and oxygen atoms in total. The number of nitrogens with zero attached hydrogens (tertiary/aromatic N) is 2. The lowest BCUT2D eigenvalue weighted by atomic mass is 10.1. The summed E-state index contributed by atoms with van der Waals surface area (Å²) in [5.74, 6) is -0.342. The molecule has 0 amide bonds. The molecule has 164 valence electrons. The van der Waals surface area contributed by atoms with Gasteiger partial charge in [-0.3, -0.25) is 0 Å². The monoisotopic (exact) mass is 460 g/mol. The van der Waals surface area contributed by atoms with Crippen molar-refractivity contribution in [3.63, 3.8) is 0 Å². The molecule has 1 fully saturated rings. The van der Waals surface area contributed by atoms with Crippen LogP contribution in [0, 0.1) is 0 Å². The van der Waals surface area contributed by atoms with Crippen LogP contribution in [0.3, 0.4) is 0 Å². The van der Waals surface area contributed by atoms with Crippen LogP contribution in [0.15, 0.2) is 42.5 Å². The average molecular weight is 461 g/mol. The molecule has 0 radical (unpaired) electrons. The van der Waals surface area contributed by atoms with Gasteiger partial charge in [0.2, 0.25) is 0 Å². The van der Waals surface area contributed by atoms with Crippen molar-refractivity contribution in [2.45, 2.75) is 32.9 Å². The fourth-order valence-corrected chi connectivity index (χ4v) is 4.23. The van der Waals surface area contributed by atoms with Gasteiger partial charge in [0.25, 0.3) is 0 Å². The molecule has 1 aliphatic rings. The molecule has 1 aromatic heterocycles. The van der Waals surface area contributed by atoms with E-state index in [-0.39, 0.29) is 5.97 Å². The molecule has 0 spiro atoms. The van der Waals surface area contributed by atoms with Crippen LogP contribution in [0.5, 0.6) is 0 Å². The van der Waals surface area contributed by atoms with Gasteiger partial charge in [-0.2, -0.15) is 0 Å². The van der Waals surface area contributed by atoms with E-state index in [0.717, 1.165) is 35.2 Å². The fraction of sp³-hybridized carbons (Fsp3) is 0.375. The highest BCUT2D eigenvalue weighted by Crippen LogP contribution is 2.37. The molecule has 0 atom stereocenters. The lowest BCUT2D eigenvalue weighted by Crippen LogP contribution is -2.37. The normalized spacial score (nSPS) is 14.8. The summed E-state index contributed by atoms with van der Waals surface area (Å²) in [5, 5.41) is 2.01. The van der Waals surface area contributed by atoms with E-state index < -0.39 is 5.60 Å². The number of para-hydroxylation sites is 1. The number of rotatable bonds is 4. The fourth-order valence-electron chi connectivity index (χ4n) is 3.91. The minimum Gasteiger partial charge on any atom is -0.455 e. The van der Waals surface area contributed by atoms with Crippen molar-refractivity contribution in [1.29, 1.82) is 0 Å². The highest BCUT2D eigenvalue weighted by molar-refractivity contribution is 6.42. The Morgan fingerprint density at radius 1 is 1.06 bits per heavy atom. The van der Waals surface area contributed by atoms with Crippen LogP contribution in [-0.4, -0.2) is 42.4 Å². The molecule has 1 saturated heterocycles. The molecule has 0 aliphatic carbocycles. The summed E-state index contributed by atoms with van der Waals surface area (Å²) in [6, 6.07) is 13.6. The number of esters is 1. The maximum Gasteiger partial charge on any atom is 0.357 e. The molecule has 4 rings (SSSR count). The van der Waals surface area contributed by atoms with Crippen LogP contribution in [0.1, 0.15) is 36.8 Å². The molecule has 31 heavy (non-hydrogen) atoms. The Balaban J connectivity index is 1.91. The minimum atomic E-state index is -0.607. The van der Waals surface area contributed by atoms with Crippen molar-refractivity contribution in [2.24, 2.45) is 0 Å². The second-order valence-electron chi connectivity index (χ2n) is 8.65. The van der Waals surface area contributed by atoms with Crippen LogP contribution < -0.4 is 4.90 Å². The average Bonchev–Trinajstić information content (AvgIpc) is 3.05. The van der Waals surface area contributed by atoms with Crippen LogP contribution in [-0.2, 0) is 16.0 Å². The van der Waals surface area contributed by atoms with E-state index in [1.165, 1.54) is 0 Å². The van der Waals surface area contributed by atoms with Crippen molar-refractivity contribution in [3.05, 3.63) is 63.8 Å². The molecular formula is C24H26Cl2N2O3. The largest absolute Gasteiger partial charge is 0.455 e. The Morgan fingerprint density at radius 3 is 2.45 bits per heavy atom. The zero-order chi connectivity index (χ0) is 22.2. The van der Waals surface area contributed by atoms with Gasteiger partial charge in [0.1, 0.15) is 5.60 Å². The first-order valence-corrected chi connectivity index (χ1v) is 11.1. The van der Waals surface area contributed by atoms with Gasteiger partial charge < -0.3 is 18.9 Å². The molecule has 2 heterocycles. The standard InChI is InChI=1S/C24H26Cl2N2O3/c1-24(2,3)31-23(29)22-21(27-10-12-30-13-11-27)17-6-4-5-7-20(17)28(22)15-16-8-9-18(25)19(26)14-16/h4-9,14H,10-13,15H2,1-3H3. The van der Waals surface area contributed by atoms with Gasteiger partial charge in [-0.25, -0.2) is 4.79 Å². The highest BCUT2D eigenvalue weighted by atomic mass is 35.5. The summed E-state index contributed by atoms with van der Waals surface area (Å²) < 4.78 is 13.4. The van der Waals surface area contributed by atoms with E-state index in [2.05, 4.69) is 11.0 Å². The lowest BCUT2D eigenvalue weighted by molar-refractivity contribution is 0.00590. The third-order valence-corrected chi connectivity index (χ3v) is 5.93. The van der Waals surface area contributed by atoms with E-state index in [0.29, 0.717) is 35.5 Å². The Morgan fingerprint density at radius 2 is 1.77 bits per heavy atom. The number of morpholine rings is 1. The third kappa shape index (κ3) is 4.69. The van der Waals surface area contributed by atoms with Crippen molar-refractivity contribution < 1.29 is 14.3 Å². The Bertz CT molecular complexity index is 1110. The quantitative estimate of drug-likeness (QED) is 0.462. The summed E-state index contributed by atoms with van der Waals surface area (Å²) in [4.78, 5) is 15.7. The van der Waals surface area contributed by atoms with Gasteiger partial charge in [-0.05, 0) is 44.5 Å². The summed E-state index contributed by atoms with van der Waals surface area (Å²) in [7, 11) is 0. The molecule has 0 bridgehead atoms. The Hall–Kier alpha value is -2.21. The van der Waals surface area contributed by atoms with Gasteiger partial charge in [-0.15, -0.1) is 0 Å². The first-order valence-electron chi connectivity index (χ1n) is 10.4. The Labute approximate surface area is 192 Å². The second-order valence-corrected chi connectivity index (χ2v) is 9.46. The maximum atomic E-state index is 13.5. The van der Waals surface area contributed by atoms with E-state index >= 15 is 0 Å². The SMILES string of the molecule is CC(C)(C)OC(=O)c1c(N2CCOCC2)c2ccccc2n1Cc1ccc(Cl)c(Cl)c1. The maximum absolute atomic E-state index is 13.5. The number of carbonyl (C=O) groups is 1. The van der Waals surface area contributed by atoms with Crippen LogP contribution in [0.4, 0.5) is 5.69 Å². The molecule has 0 unspecified atom stereocenters. The lowest BCUT2D eigenvalue weighted by Gasteiger charge is -2.30. The van der Waals surface area contributed by atoms with Gasteiger partial charge in [0.05, 0.1) is 34.5 Å². The molecule has 0 saturated carbocycles. The molecule has 7 heteroatoms.